The van der Waals surface area contributed by atoms with Crippen molar-refractivity contribution in [3.05, 3.63) is 58.4 Å². The Morgan fingerprint density at radius 3 is 2.58 bits per heavy atom. The predicted octanol–water partition coefficient (Wildman–Crippen LogP) is 4.40. The molecule has 0 aliphatic carbocycles. The molecule has 1 amide bonds. The SMILES string of the molecule is COc1ccc(C)cc1C(=O)CCC(=O)Nc1ccc(F)c(Cl)c1. The minimum Gasteiger partial charge on any atom is -0.496 e. The third-order valence-electron chi connectivity index (χ3n) is 3.44. The molecule has 0 saturated carbocycles. The maximum absolute atomic E-state index is 13.1. The number of ether oxygens (including phenoxy) is 1. The van der Waals surface area contributed by atoms with E-state index in [-0.39, 0.29) is 29.6 Å². The average molecular weight is 350 g/mol. The molecular formula is C18H17ClFNO3. The van der Waals surface area contributed by atoms with Crippen LogP contribution in [0, 0.1) is 12.7 Å². The standard InChI is InChI=1S/C18H17ClFNO3/c1-11-3-7-17(24-2)13(9-11)16(22)6-8-18(23)21-12-4-5-15(20)14(19)10-12/h3-5,7,9-10H,6,8H2,1-2H3,(H,21,23). The molecule has 24 heavy (non-hydrogen) atoms. The summed E-state index contributed by atoms with van der Waals surface area (Å²) < 4.78 is 18.3. The lowest BCUT2D eigenvalue weighted by Gasteiger charge is -2.09. The molecule has 0 saturated heterocycles. The van der Waals surface area contributed by atoms with Gasteiger partial charge in [0.15, 0.2) is 5.78 Å². The van der Waals surface area contributed by atoms with Crippen LogP contribution in [0.1, 0.15) is 28.8 Å². The maximum Gasteiger partial charge on any atom is 0.224 e. The molecule has 1 N–H and O–H groups in total. The number of hydrogen-bond donors (Lipinski definition) is 1. The normalized spacial score (nSPS) is 10.3. The number of carbonyl (C=O) groups is 2. The predicted molar refractivity (Wildman–Crippen MR) is 91.3 cm³/mol. The fourth-order valence-corrected chi connectivity index (χ4v) is 2.38. The lowest BCUT2D eigenvalue weighted by molar-refractivity contribution is -0.116. The quantitative estimate of drug-likeness (QED) is 0.786. The van der Waals surface area contributed by atoms with E-state index in [4.69, 9.17) is 16.3 Å². The van der Waals surface area contributed by atoms with E-state index >= 15 is 0 Å². The van der Waals surface area contributed by atoms with Crippen molar-refractivity contribution in [1.82, 2.24) is 0 Å². The number of benzene rings is 2. The molecule has 0 spiro atoms. The Bertz CT molecular complexity index is 777. The third-order valence-corrected chi connectivity index (χ3v) is 3.73. The van der Waals surface area contributed by atoms with Crippen molar-refractivity contribution in [1.29, 1.82) is 0 Å². The van der Waals surface area contributed by atoms with E-state index in [9.17, 15) is 14.0 Å². The zero-order valence-corrected chi connectivity index (χ0v) is 14.1. The van der Waals surface area contributed by atoms with Crippen LogP contribution in [0.15, 0.2) is 36.4 Å². The first-order valence-electron chi connectivity index (χ1n) is 7.33. The number of carbonyl (C=O) groups excluding carboxylic acids is 2. The Balaban J connectivity index is 1.97. The number of rotatable bonds is 6. The van der Waals surface area contributed by atoms with Gasteiger partial charge >= 0.3 is 0 Å². The molecule has 0 fully saturated rings. The van der Waals surface area contributed by atoms with E-state index in [1.165, 1.54) is 25.3 Å². The number of ketones is 1. The first kappa shape index (κ1) is 17.9. The van der Waals surface area contributed by atoms with Crippen molar-refractivity contribution < 1.29 is 18.7 Å². The summed E-state index contributed by atoms with van der Waals surface area (Å²) in [5, 5.41) is 2.51. The molecule has 2 aromatic rings. The molecule has 2 rings (SSSR count). The molecular weight excluding hydrogens is 333 g/mol. The van der Waals surface area contributed by atoms with Crippen LogP contribution in [0.2, 0.25) is 5.02 Å². The van der Waals surface area contributed by atoms with Crippen LogP contribution < -0.4 is 10.1 Å². The second kappa shape index (κ2) is 7.93. The molecule has 0 aromatic heterocycles. The number of Topliss-reactive ketones (excluding diaryl/α,β-unsaturated/α-hetero) is 1. The number of amides is 1. The third kappa shape index (κ3) is 4.55. The summed E-state index contributed by atoms with van der Waals surface area (Å²) in [6, 6.07) is 9.20. The van der Waals surface area contributed by atoms with Gasteiger partial charge in [0.2, 0.25) is 5.91 Å². The number of nitrogens with one attached hydrogen (secondary N) is 1. The van der Waals surface area contributed by atoms with E-state index < -0.39 is 5.82 Å². The number of hydrogen-bond acceptors (Lipinski definition) is 3. The van der Waals surface area contributed by atoms with Crippen LogP contribution in [0.4, 0.5) is 10.1 Å². The molecule has 0 heterocycles. The first-order chi connectivity index (χ1) is 11.4. The first-order valence-corrected chi connectivity index (χ1v) is 7.71. The topological polar surface area (TPSA) is 55.4 Å². The summed E-state index contributed by atoms with van der Waals surface area (Å²) in [5.41, 5.74) is 1.77. The number of halogens is 2. The Morgan fingerprint density at radius 1 is 1.17 bits per heavy atom. The molecule has 0 radical (unpaired) electrons. The largest absolute Gasteiger partial charge is 0.496 e. The van der Waals surface area contributed by atoms with Crippen LogP contribution in [0.3, 0.4) is 0 Å². The van der Waals surface area contributed by atoms with Gasteiger partial charge in [-0.05, 0) is 37.3 Å². The summed E-state index contributed by atoms with van der Waals surface area (Å²) in [6.07, 6.45) is 0.0471. The van der Waals surface area contributed by atoms with Gasteiger partial charge in [-0.15, -0.1) is 0 Å². The van der Waals surface area contributed by atoms with E-state index in [1.54, 1.807) is 12.1 Å². The van der Waals surface area contributed by atoms with Gasteiger partial charge in [0.25, 0.3) is 0 Å². The minimum absolute atomic E-state index is 0.00489. The van der Waals surface area contributed by atoms with Crippen molar-refractivity contribution >= 4 is 29.0 Å². The van der Waals surface area contributed by atoms with Gasteiger partial charge in [0, 0.05) is 18.5 Å². The molecule has 6 heteroatoms. The van der Waals surface area contributed by atoms with Gasteiger partial charge in [0.1, 0.15) is 11.6 Å². The van der Waals surface area contributed by atoms with Gasteiger partial charge in [-0.3, -0.25) is 9.59 Å². The second-order valence-electron chi connectivity index (χ2n) is 5.30. The van der Waals surface area contributed by atoms with E-state index in [2.05, 4.69) is 5.32 Å². The maximum atomic E-state index is 13.1. The summed E-state index contributed by atoms with van der Waals surface area (Å²) in [4.78, 5) is 24.2. The lowest BCUT2D eigenvalue weighted by Crippen LogP contribution is -2.14. The van der Waals surface area contributed by atoms with Gasteiger partial charge in [-0.1, -0.05) is 23.2 Å². The van der Waals surface area contributed by atoms with Crippen molar-refractivity contribution in [3.8, 4) is 5.75 Å². The highest BCUT2D eigenvalue weighted by molar-refractivity contribution is 6.31. The Labute approximate surface area is 144 Å². The molecule has 0 unspecified atom stereocenters. The summed E-state index contributed by atoms with van der Waals surface area (Å²) in [7, 11) is 1.49. The monoisotopic (exact) mass is 349 g/mol. The lowest BCUT2D eigenvalue weighted by atomic mass is 10.0. The van der Waals surface area contributed by atoms with Crippen molar-refractivity contribution in [3.63, 3.8) is 0 Å². The summed E-state index contributed by atoms with van der Waals surface area (Å²) in [5.74, 6) is -0.604. The highest BCUT2D eigenvalue weighted by Gasteiger charge is 2.14. The second-order valence-corrected chi connectivity index (χ2v) is 5.71. The van der Waals surface area contributed by atoms with Crippen LogP contribution in [-0.4, -0.2) is 18.8 Å². The van der Waals surface area contributed by atoms with E-state index in [0.29, 0.717) is 17.0 Å². The van der Waals surface area contributed by atoms with Crippen LogP contribution in [-0.2, 0) is 4.79 Å². The fraction of sp³-hybridized carbons (Fsp3) is 0.222. The Morgan fingerprint density at radius 2 is 1.92 bits per heavy atom. The molecule has 0 aliphatic rings. The summed E-state index contributed by atoms with van der Waals surface area (Å²) in [6.45, 7) is 1.88. The smallest absolute Gasteiger partial charge is 0.224 e. The van der Waals surface area contributed by atoms with Crippen molar-refractivity contribution in [2.75, 3.05) is 12.4 Å². The number of methoxy groups -OCH3 is 1. The molecule has 0 aliphatic heterocycles. The van der Waals surface area contributed by atoms with E-state index in [1.807, 2.05) is 13.0 Å². The molecule has 126 valence electrons. The highest BCUT2D eigenvalue weighted by Crippen LogP contribution is 2.22. The molecule has 2 aromatic carbocycles. The van der Waals surface area contributed by atoms with Crippen LogP contribution in [0.5, 0.6) is 5.75 Å². The molecule has 4 nitrogen and oxygen atoms in total. The van der Waals surface area contributed by atoms with Crippen LogP contribution >= 0.6 is 11.6 Å². The molecule has 0 bridgehead atoms. The van der Waals surface area contributed by atoms with Crippen LogP contribution in [0.25, 0.3) is 0 Å². The fourth-order valence-electron chi connectivity index (χ4n) is 2.20. The zero-order chi connectivity index (χ0) is 17.7. The zero-order valence-electron chi connectivity index (χ0n) is 13.4. The number of anilines is 1. The minimum atomic E-state index is -0.559. The van der Waals surface area contributed by atoms with Crippen molar-refractivity contribution in [2.24, 2.45) is 0 Å². The summed E-state index contributed by atoms with van der Waals surface area (Å²) >= 11 is 5.66. The molecule has 0 atom stereocenters. The van der Waals surface area contributed by atoms with Gasteiger partial charge in [-0.25, -0.2) is 4.39 Å². The average Bonchev–Trinajstić information content (AvgIpc) is 2.56. The van der Waals surface area contributed by atoms with Gasteiger partial charge in [-0.2, -0.15) is 0 Å². The van der Waals surface area contributed by atoms with Gasteiger partial charge < -0.3 is 10.1 Å². The van der Waals surface area contributed by atoms with Gasteiger partial charge in [0.05, 0.1) is 17.7 Å². The Kier molecular flexibility index (Phi) is 5.93. The van der Waals surface area contributed by atoms with Crippen molar-refractivity contribution in [2.45, 2.75) is 19.8 Å². The highest BCUT2D eigenvalue weighted by atomic mass is 35.5. The number of aryl methyl sites for hydroxylation is 1. The Hall–Kier alpha value is -2.40. The van der Waals surface area contributed by atoms with E-state index in [0.717, 1.165) is 5.56 Å².